The van der Waals surface area contributed by atoms with Crippen LogP contribution in [-0.2, 0) is 16.1 Å². The van der Waals surface area contributed by atoms with Gasteiger partial charge in [0.15, 0.2) is 5.16 Å². The van der Waals surface area contributed by atoms with Gasteiger partial charge in [-0.2, -0.15) is 0 Å². The molecule has 2 aromatic rings. The molecule has 0 spiro atoms. The van der Waals surface area contributed by atoms with E-state index in [1.807, 2.05) is 19.1 Å². The average molecular weight is 482 g/mol. The van der Waals surface area contributed by atoms with E-state index in [-0.39, 0.29) is 22.8 Å². The topological polar surface area (TPSA) is 73.2 Å². The zero-order valence-corrected chi connectivity index (χ0v) is 19.5. The number of hydrogen-bond donors (Lipinski definition) is 1. The highest BCUT2D eigenvalue weighted by molar-refractivity contribution is 9.10. The number of halogens is 1. The van der Waals surface area contributed by atoms with Crippen LogP contribution in [0.2, 0.25) is 0 Å². The predicted molar refractivity (Wildman–Crippen MR) is 120 cm³/mol. The number of thioether (sulfide) groups is 1. The summed E-state index contributed by atoms with van der Waals surface area (Å²) < 4.78 is 7.61. The van der Waals surface area contributed by atoms with E-state index in [1.54, 1.807) is 17.7 Å². The molecular weight excluding hydrogens is 454 g/mol. The maximum absolute atomic E-state index is 13.1. The summed E-state index contributed by atoms with van der Waals surface area (Å²) in [6, 6.07) is 5.70. The van der Waals surface area contributed by atoms with E-state index in [0.717, 1.165) is 23.7 Å². The fourth-order valence-corrected chi connectivity index (χ4v) is 4.99. The molecule has 1 fully saturated rings. The van der Waals surface area contributed by atoms with Gasteiger partial charge in [0.1, 0.15) is 0 Å². The van der Waals surface area contributed by atoms with Gasteiger partial charge in [-0.25, -0.2) is 4.98 Å². The van der Waals surface area contributed by atoms with Gasteiger partial charge < -0.3 is 10.1 Å². The number of nitrogens with one attached hydrogen (secondary N) is 1. The molecule has 8 heteroatoms. The Labute approximate surface area is 183 Å². The first-order valence-corrected chi connectivity index (χ1v) is 11.7. The highest BCUT2D eigenvalue weighted by Crippen LogP contribution is 2.27. The van der Waals surface area contributed by atoms with Crippen molar-refractivity contribution >= 4 is 44.5 Å². The minimum Gasteiger partial charge on any atom is -0.383 e. The number of amides is 1. The number of methoxy groups -OCH3 is 1. The minimum absolute atomic E-state index is 0.00260. The molecule has 0 radical (unpaired) electrons. The molecule has 1 aromatic carbocycles. The number of benzene rings is 1. The van der Waals surface area contributed by atoms with Crippen LogP contribution in [0.15, 0.2) is 32.6 Å². The smallest absolute Gasteiger partial charge is 0.262 e. The average Bonchev–Trinajstić information content (AvgIpc) is 2.70. The molecule has 1 aliphatic carbocycles. The van der Waals surface area contributed by atoms with Crippen LogP contribution in [-0.4, -0.2) is 40.5 Å². The summed E-state index contributed by atoms with van der Waals surface area (Å²) in [5, 5.41) is 3.95. The summed E-state index contributed by atoms with van der Waals surface area (Å²) in [6.45, 7) is 4.86. The second kappa shape index (κ2) is 10.1. The minimum atomic E-state index is -0.349. The zero-order valence-electron chi connectivity index (χ0n) is 17.1. The van der Waals surface area contributed by atoms with Gasteiger partial charge in [0, 0.05) is 17.6 Å². The standard InChI is InChI=1S/C21H28BrN3O3S/c1-13-6-4-5-7-17(13)23-19(26)14(2)29-21-24-18-9-8-15(22)12-16(18)20(27)25(21)10-11-28-3/h8-9,12-14,17H,4-7,10-11H2,1-3H3,(H,23,26). The van der Waals surface area contributed by atoms with Crippen molar-refractivity contribution in [1.82, 2.24) is 14.9 Å². The molecule has 1 aromatic heterocycles. The van der Waals surface area contributed by atoms with E-state index in [2.05, 4.69) is 33.2 Å². The van der Waals surface area contributed by atoms with E-state index in [0.29, 0.717) is 35.1 Å². The van der Waals surface area contributed by atoms with Crippen molar-refractivity contribution < 1.29 is 9.53 Å². The number of carbonyl (C=O) groups is 1. The molecule has 0 aliphatic heterocycles. The van der Waals surface area contributed by atoms with E-state index >= 15 is 0 Å². The van der Waals surface area contributed by atoms with Gasteiger partial charge in [-0.3, -0.25) is 14.2 Å². The Kier molecular flexibility index (Phi) is 7.76. The van der Waals surface area contributed by atoms with Crippen LogP contribution in [0, 0.1) is 5.92 Å². The highest BCUT2D eigenvalue weighted by Gasteiger charge is 2.26. The fourth-order valence-electron chi connectivity index (χ4n) is 3.68. The second-order valence-corrected chi connectivity index (χ2v) is 9.87. The van der Waals surface area contributed by atoms with Crippen LogP contribution in [0.5, 0.6) is 0 Å². The molecule has 3 atom stereocenters. The molecule has 1 amide bonds. The number of fused-ring (bicyclic) bond motifs is 1. The molecule has 1 N–H and O–H groups in total. The molecule has 1 aliphatic rings. The van der Waals surface area contributed by atoms with Crippen LogP contribution in [0.4, 0.5) is 0 Å². The summed E-state index contributed by atoms with van der Waals surface area (Å²) in [6.07, 6.45) is 4.59. The number of rotatable bonds is 7. The van der Waals surface area contributed by atoms with Crippen LogP contribution in [0.25, 0.3) is 10.9 Å². The largest absolute Gasteiger partial charge is 0.383 e. The van der Waals surface area contributed by atoms with Crippen LogP contribution in [0.3, 0.4) is 0 Å². The molecule has 1 saturated carbocycles. The Balaban J connectivity index is 1.84. The lowest BCUT2D eigenvalue weighted by molar-refractivity contribution is -0.121. The Hall–Kier alpha value is -1.38. The van der Waals surface area contributed by atoms with Crippen LogP contribution < -0.4 is 10.9 Å². The van der Waals surface area contributed by atoms with Crippen molar-refractivity contribution in [3.05, 3.63) is 33.0 Å². The van der Waals surface area contributed by atoms with E-state index < -0.39 is 0 Å². The third kappa shape index (κ3) is 5.41. The lowest BCUT2D eigenvalue weighted by Crippen LogP contribution is -2.44. The number of ether oxygens (including phenoxy) is 1. The highest BCUT2D eigenvalue weighted by atomic mass is 79.9. The molecule has 29 heavy (non-hydrogen) atoms. The van der Waals surface area contributed by atoms with Crippen molar-refractivity contribution in [2.75, 3.05) is 13.7 Å². The molecular formula is C21H28BrN3O3S. The normalized spacial score (nSPS) is 20.6. The lowest BCUT2D eigenvalue weighted by atomic mass is 9.86. The Morgan fingerprint density at radius 2 is 2.17 bits per heavy atom. The first-order valence-electron chi connectivity index (χ1n) is 10.1. The SMILES string of the molecule is COCCn1c(SC(C)C(=O)NC2CCCCC2C)nc2ccc(Br)cc2c1=O. The van der Waals surface area contributed by atoms with Gasteiger partial charge in [0.05, 0.1) is 29.3 Å². The summed E-state index contributed by atoms with van der Waals surface area (Å²) in [7, 11) is 1.60. The quantitative estimate of drug-likeness (QED) is 0.478. The first kappa shape index (κ1) is 22.3. The fraction of sp³-hybridized carbons (Fsp3) is 0.571. The molecule has 0 saturated heterocycles. The van der Waals surface area contributed by atoms with Crippen LogP contribution in [0.1, 0.15) is 39.5 Å². The molecule has 3 unspecified atom stereocenters. The van der Waals surface area contributed by atoms with E-state index in [9.17, 15) is 9.59 Å². The van der Waals surface area contributed by atoms with Crippen molar-refractivity contribution in [2.45, 2.75) is 62.5 Å². The summed E-state index contributed by atoms with van der Waals surface area (Å²) >= 11 is 4.74. The summed E-state index contributed by atoms with van der Waals surface area (Å²) in [4.78, 5) is 30.5. The molecule has 1 heterocycles. The lowest BCUT2D eigenvalue weighted by Gasteiger charge is -2.30. The maximum atomic E-state index is 13.1. The Morgan fingerprint density at radius 3 is 2.90 bits per heavy atom. The molecule has 0 bridgehead atoms. The van der Waals surface area contributed by atoms with Crippen molar-refractivity contribution in [2.24, 2.45) is 5.92 Å². The van der Waals surface area contributed by atoms with Crippen LogP contribution >= 0.6 is 27.7 Å². The third-order valence-electron chi connectivity index (χ3n) is 5.49. The van der Waals surface area contributed by atoms with Gasteiger partial charge in [0.2, 0.25) is 5.91 Å². The number of aromatic nitrogens is 2. The first-order chi connectivity index (χ1) is 13.9. The van der Waals surface area contributed by atoms with Gasteiger partial charge in [-0.1, -0.05) is 47.5 Å². The summed E-state index contributed by atoms with van der Waals surface area (Å²) in [5.41, 5.74) is 0.507. The second-order valence-electron chi connectivity index (χ2n) is 7.64. The number of hydrogen-bond acceptors (Lipinski definition) is 5. The maximum Gasteiger partial charge on any atom is 0.262 e. The molecule has 158 valence electrons. The monoisotopic (exact) mass is 481 g/mol. The third-order valence-corrected chi connectivity index (χ3v) is 7.07. The van der Waals surface area contributed by atoms with Gasteiger partial charge in [-0.15, -0.1) is 0 Å². The van der Waals surface area contributed by atoms with Crippen molar-refractivity contribution in [3.8, 4) is 0 Å². The van der Waals surface area contributed by atoms with E-state index in [1.165, 1.54) is 18.2 Å². The zero-order chi connectivity index (χ0) is 21.0. The molecule has 6 nitrogen and oxygen atoms in total. The number of nitrogens with zero attached hydrogens (tertiary/aromatic N) is 2. The molecule has 3 rings (SSSR count). The van der Waals surface area contributed by atoms with E-state index in [4.69, 9.17) is 4.74 Å². The van der Waals surface area contributed by atoms with Gasteiger partial charge >= 0.3 is 0 Å². The Morgan fingerprint density at radius 1 is 1.41 bits per heavy atom. The van der Waals surface area contributed by atoms with Gasteiger partial charge in [-0.05, 0) is 43.9 Å². The van der Waals surface area contributed by atoms with Crippen molar-refractivity contribution in [1.29, 1.82) is 0 Å². The number of carbonyl (C=O) groups excluding carboxylic acids is 1. The summed E-state index contributed by atoms with van der Waals surface area (Å²) in [5.74, 6) is 0.499. The van der Waals surface area contributed by atoms with Gasteiger partial charge in [0.25, 0.3) is 5.56 Å². The predicted octanol–water partition coefficient (Wildman–Crippen LogP) is 3.98. The Bertz CT molecular complexity index is 933. The van der Waals surface area contributed by atoms with Crippen molar-refractivity contribution in [3.63, 3.8) is 0 Å².